The zero-order valence-corrected chi connectivity index (χ0v) is 12.9. The number of furan rings is 1. The summed E-state index contributed by atoms with van der Waals surface area (Å²) in [6.07, 6.45) is 1.73. The van der Waals surface area contributed by atoms with Gasteiger partial charge in [0.05, 0.1) is 11.8 Å². The molecule has 0 aliphatic carbocycles. The average Bonchev–Trinajstić information content (AvgIpc) is 2.85. The maximum Gasteiger partial charge on any atom is 0.134 e. The molecule has 0 saturated carbocycles. The first-order chi connectivity index (χ1) is 10.1. The van der Waals surface area contributed by atoms with Gasteiger partial charge in [0.2, 0.25) is 0 Å². The Bertz CT molecular complexity index is 766. The van der Waals surface area contributed by atoms with Gasteiger partial charge in [-0.2, -0.15) is 0 Å². The number of aryl methyl sites for hydroxylation is 1. The minimum atomic E-state index is 0.574. The summed E-state index contributed by atoms with van der Waals surface area (Å²) < 4.78 is 5.33. The molecule has 3 nitrogen and oxygen atoms in total. The van der Waals surface area contributed by atoms with Gasteiger partial charge in [-0.15, -0.1) is 0 Å². The van der Waals surface area contributed by atoms with Crippen LogP contribution in [0.2, 0.25) is 5.15 Å². The molecule has 0 unspecified atom stereocenters. The van der Waals surface area contributed by atoms with Crippen LogP contribution in [0.3, 0.4) is 0 Å². The van der Waals surface area contributed by atoms with Gasteiger partial charge in [0.15, 0.2) is 0 Å². The quantitative estimate of drug-likeness (QED) is 0.668. The van der Waals surface area contributed by atoms with E-state index in [0.29, 0.717) is 5.15 Å². The molecule has 0 spiro atoms. The number of fused-ring (bicyclic) bond motifs is 1. The number of hydrogen-bond donors (Lipinski definition) is 0. The summed E-state index contributed by atoms with van der Waals surface area (Å²) in [5.74, 6) is 0.963. The van der Waals surface area contributed by atoms with E-state index in [1.807, 2.05) is 31.2 Å². The van der Waals surface area contributed by atoms with Crippen LogP contribution in [0.1, 0.15) is 16.9 Å². The third kappa shape index (κ3) is 3.09. The standard InChI is InChI=1S/C17H17ClN2O/c1-12-14(7-8-21-12)10-20(2)11-15-9-13-5-3-4-6-16(13)19-17(15)18/h3-9H,10-11H2,1-2H3. The Morgan fingerprint density at radius 1 is 1.14 bits per heavy atom. The Labute approximate surface area is 129 Å². The summed E-state index contributed by atoms with van der Waals surface area (Å²) in [7, 11) is 2.07. The Balaban J connectivity index is 1.81. The van der Waals surface area contributed by atoms with E-state index in [1.165, 1.54) is 5.56 Å². The molecule has 0 radical (unpaired) electrons. The van der Waals surface area contributed by atoms with E-state index in [-0.39, 0.29) is 0 Å². The van der Waals surface area contributed by atoms with Crippen molar-refractivity contribution in [1.82, 2.24) is 9.88 Å². The van der Waals surface area contributed by atoms with Gasteiger partial charge in [0.1, 0.15) is 10.9 Å². The minimum Gasteiger partial charge on any atom is -0.469 e. The Kier molecular flexibility index (Phi) is 3.95. The zero-order valence-electron chi connectivity index (χ0n) is 12.1. The van der Waals surface area contributed by atoms with Gasteiger partial charge < -0.3 is 4.42 Å². The van der Waals surface area contributed by atoms with Crippen molar-refractivity contribution in [2.45, 2.75) is 20.0 Å². The molecule has 2 aromatic heterocycles. The van der Waals surface area contributed by atoms with Gasteiger partial charge in [-0.05, 0) is 32.2 Å². The molecule has 3 rings (SSSR count). The van der Waals surface area contributed by atoms with Crippen molar-refractivity contribution >= 4 is 22.5 Å². The van der Waals surface area contributed by atoms with Crippen LogP contribution in [0.4, 0.5) is 0 Å². The summed E-state index contributed by atoms with van der Waals surface area (Å²) in [4.78, 5) is 6.67. The van der Waals surface area contributed by atoms with E-state index in [1.54, 1.807) is 6.26 Å². The third-order valence-corrected chi connectivity index (χ3v) is 3.92. The lowest BCUT2D eigenvalue weighted by Crippen LogP contribution is -2.17. The molecular formula is C17H17ClN2O. The van der Waals surface area contributed by atoms with E-state index in [4.69, 9.17) is 16.0 Å². The molecule has 0 aliphatic heterocycles. The molecule has 2 heterocycles. The maximum atomic E-state index is 6.30. The van der Waals surface area contributed by atoms with Gasteiger partial charge >= 0.3 is 0 Å². The van der Waals surface area contributed by atoms with Gasteiger partial charge in [0, 0.05) is 29.6 Å². The molecule has 4 heteroatoms. The molecule has 0 atom stereocenters. The summed E-state index contributed by atoms with van der Waals surface area (Å²) >= 11 is 6.30. The van der Waals surface area contributed by atoms with Gasteiger partial charge in [-0.3, -0.25) is 4.90 Å². The molecule has 0 amide bonds. The largest absolute Gasteiger partial charge is 0.469 e. The third-order valence-electron chi connectivity index (χ3n) is 3.60. The Morgan fingerprint density at radius 2 is 1.90 bits per heavy atom. The highest BCUT2D eigenvalue weighted by atomic mass is 35.5. The summed E-state index contributed by atoms with van der Waals surface area (Å²) in [5, 5.41) is 1.69. The fourth-order valence-electron chi connectivity index (χ4n) is 2.46. The number of rotatable bonds is 4. The first-order valence-corrected chi connectivity index (χ1v) is 7.27. The van der Waals surface area contributed by atoms with Crippen LogP contribution in [0.5, 0.6) is 0 Å². The number of nitrogens with zero attached hydrogens (tertiary/aromatic N) is 2. The molecule has 3 aromatic rings. The molecule has 0 N–H and O–H groups in total. The predicted octanol–water partition coefficient (Wildman–Crippen LogP) is 4.42. The first-order valence-electron chi connectivity index (χ1n) is 6.89. The first kappa shape index (κ1) is 14.1. The van der Waals surface area contributed by atoms with Crippen LogP contribution in [0, 0.1) is 6.92 Å². The van der Waals surface area contributed by atoms with Crippen molar-refractivity contribution < 1.29 is 4.42 Å². The summed E-state index contributed by atoms with van der Waals surface area (Å²) in [6, 6.07) is 12.1. The molecule has 108 valence electrons. The molecule has 0 saturated heterocycles. The number of pyridine rings is 1. The van der Waals surface area contributed by atoms with Crippen LogP contribution in [-0.2, 0) is 13.1 Å². The predicted molar refractivity (Wildman–Crippen MR) is 85.4 cm³/mol. The van der Waals surface area contributed by atoms with Crippen LogP contribution in [0.25, 0.3) is 10.9 Å². The van der Waals surface area contributed by atoms with E-state index >= 15 is 0 Å². The van der Waals surface area contributed by atoms with Crippen LogP contribution >= 0.6 is 11.6 Å². The maximum absolute atomic E-state index is 6.30. The van der Waals surface area contributed by atoms with E-state index in [2.05, 4.69) is 29.1 Å². The van der Waals surface area contributed by atoms with Gasteiger partial charge in [-0.1, -0.05) is 29.8 Å². The molecule has 0 fully saturated rings. The highest BCUT2D eigenvalue weighted by Crippen LogP contribution is 2.22. The highest BCUT2D eigenvalue weighted by Gasteiger charge is 2.10. The second kappa shape index (κ2) is 5.88. The zero-order chi connectivity index (χ0) is 14.8. The van der Waals surface area contributed by atoms with E-state index in [0.717, 1.165) is 35.3 Å². The van der Waals surface area contributed by atoms with E-state index < -0.39 is 0 Å². The average molecular weight is 301 g/mol. The fraction of sp³-hybridized carbons (Fsp3) is 0.235. The summed E-state index contributed by atoms with van der Waals surface area (Å²) in [5.41, 5.74) is 3.17. The molecule has 1 aromatic carbocycles. The highest BCUT2D eigenvalue weighted by molar-refractivity contribution is 6.30. The van der Waals surface area contributed by atoms with Crippen molar-refractivity contribution in [1.29, 1.82) is 0 Å². The Morgan fingerprint density at radius 3 is 2.67 bits per heavy atom. The second-order valence-electron chi connectivity index (χ2n) is 5.31. The monoisotopic (exact) mass is 300 g/mol. The fourth-order valence-corrected chi connectivity index (χ4v) is 2.67. The lowest BCUT2D eigenvalue weighted by Gasteiger charge is -2.17. The van der Waals surface area contributed by atoms with Gasteiger partial charge in [-0.25, -0.2) is 4.98 Å². The van der Waals surface area contributed by atoms with Crippen molar-refractivity contribution in [3.63, 3.8) is 0 Å². The van der Waals surface area contributed by atoms with E-state index in [9.17, 15) is 0 Å². The number of para-hydroxylation sites is 1. The van der Waals surface area contributed by atoms with Crippen LogP contribution in [-0.4, -0.2) is 16.9 Å². The topological polar surface area (TPSA) is 29.3 Å². The normalized spacial score (nSPS) is 11.4. The molecule has 21 heavy (non-hydrogen) atoms. The summed E-state index contributed by atoms with van der Waals surface area (Å²) in [6.45, 7) is 3.56. The second-order valence-corrected chi connectivity index (χ2v) is 5.66. The molecule has 0 aliphatic rings. The van der Waals surface area contributed by atoms with Crippen molar-refractivity contribution in [3.8, 4) is 0 Å². The number of halogens is 1. The van der Waals surface area contributed by atoms with Crippen molar-refractivity contribution in [2.75, 3.05) is 7.05 Å². The Hall–Kier alpha value is -1.84. The van der Waals surface area contributed by atoms with Crippen molar-refractivity contribution in [2.24, 2.45) is 0 Å². The smallest absolute Gasteiger partial charge is 0.134 e. The number of hydrogen-bond acceptors (Lipinski definition) is 3. The lowest BCUT2D eigenvalue weighted by atomic mass is 10.1. The number of benzene rings is 1. The van der Waals surface area contributed by atoms with Gasteiger partial charge in [0.25, 0.3) is 0 Å². The number of aromatic nitrogens is 1. The van der Waals surface area contributed by atoms with Crippen LogP contribution in [0.15, 0.2) is 47.1 Å². The van der Waals surface area contributed by atoms with Crippen LogP contribution < -0.4 is 0 Å². The molecular weight excluding hydrogens is 284 g/mol. The minimum absolute atomic E-state index is 0.574. The van der Waals surface area contributed by atoms with Crippen molar-refractivity contribution in [3.05, 3.63) is 64.7 Å². The molecule has 0 bridgehead atoms. The SMILES string of the molecule is Cc1occc1CN(C)Cc1cc2ccccc2nc1Cl. The lowest BCUT2D eigenvalue weighted by molar-refractivity contribution is 0.316.